The van der Waals surface area contributed by atoms with Crippen molar-refractivity contribution in [2.45, 2.75) is 18.2 Å². The van der Waals surface area contributed by atoms with Crippen LogP contribution in [0.3, 0.4) is 0 Å². The van der Waals surface area contributed by atoms with E-state index in [2.05, 4.69) is 17.4 Å². The Morgan fingerprint density at radius 3 is 2.50 bits per heavy atom. The van der Waals surface area contributed by atoms with Gasteiger partial charge in [0.25, 0.3) is 21.8 Å². The van der Waals surface area contributed by atoms with E-state index in [0.717, 1.165) is 21.9 Å². The van der Waals surface area contributed by atoms with Crippen LogP contribution < -0.4 is 5.32 Å². The maximum Gasteiger partial charge on any atom is 0.268 e. The predicted molar refractivity (Wildman–Crippen MR) is 113 cm³/mol. The van der Waals surface area contributed by atoms with Gasteiger partial charge in [-0.25, -0.2) is 12.7 Å². The van der Waals surface area contributed by atoms with E-state index in [1.807, 2.05) is 30.3 Å². The highest BCUT2D eigenvalue weighted by atomic mass is 32.2. The largest absolute Gasteiger partial charge is 0.322 e. The van der Waals surface area contributed by atoms with Crippen molar-refractivity contribution >= 4 is 27.5 Å². The lowest BCUT2D eigenvalue weighted by atomic mass is 10.1. The molecule has 0 unspecified atom stereocenters. The molecule has 1 aliphatic heterocycles. The minimum Gasteiger partial charge on any atom is -0.322 e. The summed E-state index contributed by atoms with van der Waals surface area (Å²) in [5, 5.41) is 2.84. The van der Waals surface area contributed by atoms with Crippen molar-refractivity contribution in [1.82, 2.24) is 4.31 Å². The Hall–Kier alpha value is -3.45. The summed E-state index contributed by atoms with van der Waals surface area (Å²) in [4.78, 5) is 24.9. The Morgan fingerprint density at radius 2 is 1.70 bits per heavy atom. The minimum absolute atomic E-state index is 0.0505. The lowest BCUT2D eigenvalue weighted by Gasteiger charge is -2.11. The molecule has 2 amide bonds. The van der Waals surface area contributed by atoms with Crippen molar-refractivity contribution in [2.75, 3.05) is 11.9 Å². The zero-order valence-electron chi connectivity index (χ0n) is 16.2. The first-order valence-corrected chi connectivity index (χ1v) is 11.1. The van der Waals surface area contributed by atoms with Gasteiger partial charge >= 0.3 is 0 Å². The molecule has 150 valence electrons. The zero-order chi connectivity index (χ0) is 21.0. The highest BCUT2D eigenvalue weighted by Gasteiger charge is 2.40. The number of sulfonamides is 1. The van der Waals surface area contributed by atoms with Gasteiger partial charge < -0.3 is 5.32 Å². The Bertz CT molecular complexity index is 1350. The second kappa shape index (κ2) is 6.53. The molecule has 1 aliphatic carbocycles. The van der Waals surface area contributed by atoms with Crippen molar-refractivity contribution in [2.24, 2.45) is 0 Å². The van der Waals surface area contributed by atoms with Crippen LogP contribution in [0.5, 0.6) is 0 Å². The van der Waals surface area contributed by atoms with Gasteiger partial charge in [-0.2, -0.15) is 0 Å². The number of carbonyl (C=O) groups excluding carboxylic acids is 2. The fraction of sp³-hybridized carbons (Fsp3) is 0.130. The topological polar surface area (TPSA) is 83.6 Å². The van der Waals surface area contributed by atoms with E-state index in [9.17, 15) is 18.0 Å². The van der Waals surface area contributed by atoms with E-state index in [4.69, 9.17) is 0 Å². The number of hydrogen-bond acceptors (Lipinski definition) is 4. The summed E-state index contributed by atoms with van der Waals surface area (Å²) < 4.78 is 26.0. The predicted octanol–water partition coefficient (Wildman–Crippen LogP) is 3.67. The average Bonchev–Trinajstić information content (AvgIpc) is 3.19. The summed E-state index contributed by atoms with van der Waals surface area (Å²) in [5.74, 6) is -0.983. The molecule has 30 heavy (non-hydrogen) atoms. The fourth-order valence-corrected chi connectivity index (χ4v) is 5.76. The number of fused-ring (bicyclic) bond motifs is 4. The molecule has 0 bridgehead atoms. The van der Waals surface area contributed by atoms with Crippen LogP contribution in [-0.4, -0.2) is 31.1 Å². The summed E-state index contributed by atoms with van der Waals surface area (Å²) in [5.41, 5.74) is 5.68. The van der Waals surface area contributed by atoms with Gasteiger partial charge in [0, 0.05) is 17.8 Å². The number of nitrogens with zero attached hydrogens (tertiary/aromatic N) is 1. The second-order valence-electron chi connectivity index (χ2n) is 7.35. The number of benzene rings is 3. The Labute approximate surface area is 174 Å². The molecule has 6 nitrogen and oxygen atoms in total. The molecule has 3 aromatic rings. The third-order valence-corrected chi connectivity index (χ3v) is 7.51. The van der Waals surface area contributed by atoms with Gasteiger partial charge in [0.05, 0.1) is 5.56 Å². The maximum atomic E-state index is 12.8. The summed E-state index contributed by atoms with van der Waals surface area (Å²) in [6.45, 7) is 1.65. The number of rotatable bonds is 3. The quantitative estimate of drug-likeness (QED) is 0.550. The highest BCUT2D eigenvalue weighted by Crippen LogP contribution is 2.37. The van der Waals surface area contributed by atoms with Crippen molar-refractivity contribution in [3.05, 3.63) is 82.9 Å². The normalized spacial score (nSPS) is 15.5. The molecule has 3 aromatic carbocycles. The Morgan fingerprint density at radius 1 is 0.967 bits per heavy atom. The molecule has 0 radical (unpaired) electrons. The third-order valence-electron chi connectivity index (χ3n) is 5.61. The zero-order valence-corrected chi connectivity index (χ0v) is 17.0. The maximum absolute atomic E-state index is 12.8. The van der Waals surface area contributed by atoms with E-state index < -0.39 is 21.8 Å². The first-order chi connectivity index (χ1) is 14.4. The monoisotopic (exact) mass is 418 g/mol. The number of amides is 2. The molecule has 0 atom stereocenters. The number of hydrogen-bond donors (Lipinski definition) is 1. The van der Waals surface area contributed by atoms with Gasteiger partial charge in [-0.3, -0.25) is 9.59 Å². The van der Waals surface area contributed by atoms with Crippen LogP contribution in [0.15, 0.2) is 65.6 Å². The van der Waals surface area contributed by atoms with Crippen LogP contribution in [0.1, 0.15) is 38.8 Å². The first kappa shape index (κ1) is 18.6. The average molecular weight is 418 g/mol. The van der Waals surface area contributed by atoms with Crippen molar-refractivity contribution < 1.29 is 18.0 Å². The summed E-state index contributed by atoms with van der Waals surface area (Å²) >= 11 is 0. The molecule has 0 saturated carbocycles. The Kier molecular flexibility index (Phi) is 4.04. The van der Waals surface area contributed by atoms with E-state index in [-0.39, 0.29) is 22.6 Å². The molecule has 0 saturated heterocycles. The summed E-state index contributed by atoms with van der Waals surface area (Å²) in [6.07, 6.45) is 0.807. The van der Waals surface area contributed by atoms with Crippen LogP contribution in [0.2, 0.25) is 0 Å². The van der Waals surface area contributed by atoms with Crippen LogP contribution in [-0.2, 0) is 16.4 Å². The molecular formula is C23H18N2O4S. The second-order valence-corrected chi connectivity index (χ2v) is 9.18. The van der Waals surface area contributed by atoms with E-state index >= 15 is 0 Å². The van der Waals surface area contributed by atoms with Crippen molar-refractivity contribution in [1.29, 1.82) is 0 Å². The molecule has 0 fully saturated rings. The van der Waals surface area contributed by atoms with Gasteiger partial charge in [0.2, 0.25) is 0 Å². The van der Waals surface area contributed by atoms with Gasteiger partial charge in [0.15, 0.2) is 0 Å². The van der Waals surface area contributed by atoms with Crippen LogP contribution in [0, 0.1) is 0 Å². The molecule has 0 spiro atoms. The molecule has 7 heteroatoms. The molecular weight excluding hydrogens is 400 g/mol. The van der Waals surface area contributed by atoms with Crippen LogP contribution >= 0.6 is 0 Å². The van der Waals surface area contributed by atoms with Gasteiger partial charge in [0.1, 0.15) is 4.90 Å². The van der Waals surface area contributed by atoms with E-state index in [1.54, 1.807) is 6.92 Å². The SMILES string of the molecule is CCN1C(=O)c2ccc(C(=O)Nc3ccc4c(c3)Cc3ccccc3-4)cc2S1(=O)=O. The minimum atomic E-state index is -3.91. The van der Waals surface area contributed by atoms with E-state index in [0.29, 0.717) is 5.69 Å². The molecule has 1 heterocycles. The lowest BCUT2D eigenvalue weighted by Crippen LogP contribution is -2.29. The number of anilines is 1. The summed E-state index contributed by atoms with van der Waals surface area (Å²) in [7, 11) is -3.91. The van der Waals surface area contributed by atoms with Gasteiger partial charge in [-0.1, -0.05) is 30.3 Å². The molecule has 2 aliphatic rings. The first-order valence-electron chi connectivity index (χ1n) is 9.64. The van der Waals surface area contributed by atoms with Crippen molar-refractivity contribution in [3.8, 4) is 11.1 Å². The standard InChI is InChI=1S/C23H18N2O4S/c1-2-25-23(27)20-9-7-15(13-21(20)30(25,28)29)22(26)24-17-8-10-19-16(12-17)11-14-5-3-4-6-18(14)19/h3-10,12-13H,2,11H2,1H3,(H,24,26). The van der Waals surface area contributed by atoms with E-state index in [1.165, 1.54) is 29.3 Å². The smallest absolute Gasteiger partial charge is 0.268 e. The van der Waals surface area contributed by atoms with Crippen LogP contribution in [0.4, 0.5) is 5.69 Å². The fourth-order valence-electron chi connectivity index (χ4n) is 4.16. The summed E-state index contributed by atoms with van der Waals surface area (Å²) in [6, 6.07) is 18.1. The number of carbonyl (C=O) groups is 2. The van der Waals surface area contributed by atoms with Crippen molar-refractivity contribution in [3.63, 3.8) is 0 Å². The molecule has 0 aromatic heterocycles. The third kappa shape index (κ3) is 2.66. The molecule has 1 N–H and O–H groups in total. The van der Waals surface area contributed by atoms with Gasteiger partial charge in [-0.15, -0.1) is 0 Å². The number of nitrogens with one attached hydrogen (secondary N) is 1. The lowest BCUT2D eigenvalue weighted by molar-refractivity contribution is 0.0875. The highest BCUT2D eigenvalue weighted by molar-refractivity contribution is 7.90. The van der Waals surface area contributed by atoms with Crippen LogP contribution in [0.25, 0.3) is 11.1 Å². The van der Waals surface area contributed by atoms with Gasteiger partial charge in [-0.05, 0) is 65.9 Å². The molecule has 5 rings (SSSR count). The Balaban J connectivity index is 1.43.